The first-order valence-electron chi connectivity index (χ1n) is 8.51. The summed E-state index contributed by atoms with van der Waals surface area (Å²) in [6.45, 7) is 1.38. The molecule has 0 aliphatic heterocycles. The Balaban J connectivity index is 1.52. The molecule has 3 rings (SSSR count). The monoisotopic (exact) mass is 361 g/mol. The summed E-state index contributed by atoms with van der Waals surface area (Å²) in [4.78, 5) is 10.8. The topological polar surface area (TPSA) is 90.3 Å². The molecule has 0 amide bonds. The van der Waals surface area contributed by atoms with Gasteiger partial charge < -0.3 is 21.1 Å². The van der Waals surface area contributed by atoms with Crippen LogP contribution in [0.1, 0.15) is 30.9 Å². The zero-order chi connectivity index (χ0) is 17.8. The standard InChI is InChI=1S/C18H24ClN5O/c1-24(7-4-8-25-16-6-3-2-5-14(16)19)17-11-15(22-18(21)23-17)12-9-13(20)10-12/h2-3,5-6,11-13H,4,7-10,20H2,1H3,(H2,21,22,23). The second-order valence-corrected chi connectivity index (χ2v) is 6.90. The van der Waals surface area contributed by atoms with Crippen molar-refractivity contribution in [2.24, 2.45) is 5.73 Å². The normalized spacial score (nSPS) is 19.3. The van der Waals surface area contributed by atoms with Gasteiger partial charge in [-0.1, -0.05) is 23.7 Å². The van der Waals surface area contributed by atoms with Gasteiger partial charge in [0.05, 0.1) is 17.3 Å². The summed E-state index contributed by atoms with van der Waals surface area (Å²) in [7, 11) is 1.99. The minimum absolute atomic E-state index is 0.282. The molecular weight excluding hydrogens is 338 g/mol. The molecule has 1 aromatic carbocycles. The van der Waals surface area contributed by atoms with Crippen molar-refractivity contribution < 1.29 is 4.74 Å². The number of nitrogens with zero attached hydrogens (tertiary/aromatic N) is 3. The minimum Gasteiger partial charge on any atom is -0.492 e. The fourth-order valence-electron chi connectivity index (χ4n) is 2.94. The van der Waals surface area contributed by atoms with Crippen molar-refractivity contribution in [1.82, 2.24) is 9.97 Å². The lowest BCUT2D eigenvalue weighted by Crippen LogP contribution is -2.35. The van der Waals surface area contributed by atoms with Gasteiger partial charge in [-0.2, -0.15) is 4.98 Å². The first-order chi connectivity index (χ1) is 12.0. The second-order valence-electron chi connectivity index (χ2n) is 6.49. The van der Waals surface area contributed by atoms with Gasteiger partial charge in [-0.25, -0.2) is 4.98 Å². The number of hydrogen-bond acceptors (Lipinski definition) is 6. The summed E-state index contributed by atoms with van der Waals surface area (Å²) in [5.41, 5.74) is 12.7. The summed E-state index contributed by atoms with van der Waals surface area (Å²) >= 11 is 6.08. The molecule has 1 saturated carbocycles. The Bertz CT molecular complexity index is 720. The van der Waals surface area contributed by atoms with Gasteiger partial charge in [0, 0.05) is 31.6 Å². The Kier molecular flexibility index (Phi) is 5.60. The van der Waals surface area contributed by atoms with Crippen molar-refractivity contribution in [3.05, 3.63) is 41.0 Å². The van der Waals surface area contributed by atoms with E-state index in [2.05, 4.69) is 14.9 Å². The van der Waals surface area contributed by atoms with Crippen LogP contribution in [0.25, 0.3) is 0 Å². The molecule has 7 heteroatoms. The largest absolute Gasteiger partial charge is 0.492 e. The number of nitrogens with two attached hydrogens (primary N) is 2. The number of para-hydroxylation sites is 1. The van der Waals surface area contributed by atoms with Gasteiger partial charge in [0.25, 0.3) is 0 Å². The lowest BCUT2D eigenvalue weighted by molar-refractivity contribution is 0.312. The van der Waals surface area contributed by atoms with Gasteiger partial charge in [0.15, 0.2) is 0 Å². The molecular formula is C18H24ClN5O. The number of nitrogen functional groups attached to an aromatic ring is 1. The fourth-order valence-corrected chi connectivity index (χ4v) is 3.13. The molecule has 1 aliphatic carbocycles. The van der Waals surface area contributed by atoms with E-state index in [-0.39, 0.29) is 6.04 Å². The van der Waals surface area contributed by atoms with Crippen LogP contribution in [0, 0.1) is 0 Å². The Hall–Kier alpha value is -2.05. The highest BCUT2D eigenvalue weighted by molar-refractivity contribution is 6.32. The van der Waals surface area contributed by atoms with E-state index in [0.717, 1.165) is 37.3 Å². The van der Waals surface area contributed by atoms with Gasteiger partial charge in [0.2, 0.25) is 5.95 Å². The van der Waals surface area contributed by atoms with E-state index in [1.54, 1.807) is 0 Å². The van der Waals surface area contributed by atoms with Gasteiger partial charge in [0.1, 0.15) is 11.6 Å². The highest BCUT2D eigenvalue weighted by atomic mass is 35.5. The van der Waals surface area contributed by atoms with Crippen LogP contribution in [0.2, 0.25) is 5.02 Å². The molecule has 2 aromatic rings. The van der Waals surface area contributed by atoms with E-state index < -0.39 is 0 Å². The summed E-state index contributed by atoms with van der Waals surface area (Å²) < 4.78 is 5.72. The zero-order valence-electron chi connectivity index (χ0n) is 14.4. The average Bonchev–Trinajstić information content (AvgIpc) is 2.56. The lowest BCUT2D eigenvalue weighted by Gasteiger charge is -2.32. The molecule has 1 aromatic heterocycles. The summed E-state index contributed by atoms with van der Waals surface area (Å²) in [5.74, 6) is 2.26. The predicted molar refractivity (Wildman–Crippen MR) is 101 cm³/mol. The minimum atomic E-state index is 0.282. The molecule has 134 valence electrons. The first-order valence-corrected chi connectivity index (χ1v) is 8.89. The number of benzene rings is 1. The Labute approximate surface area is 153 Å². The van der Waals surface area contributed by atoms with Crippen LogP contribution in [-0.2, 0) is 0 Å². The van der Waals surface area contributed by atoms with Crippen LogP contribution in [0.3, 0.4) is 0 Å². The molecule has 0 saturated heterocycles. The molecule has 0 atom stereocenters. The molecule has 25 heavy (non-hydrogen) atoms. The third-order valence-electron chi connectivity index (χ3n) is 4.47. The van der Waals surface area contributed by atoms with Crippen LogP contribution in [-0.4, -0.2) is 36.2 Å². The summed E-state index contributed by atoms with van der Waals surface area (Å²) in [6, 6.07) is 9.78. The fraction of sp³-hybridized carbons (Fsp3) is 0.444. The second kappa shape index (κ2) is 7.89. The van der Waals surface area contributed by atoms with Crippen molar-refractivity contribution >= 4 is 23.4 Å². The van der Waals surface area contributed by atoms with Crippen LogP contribution in [0.15, 0.2) is 30.3 Å². The van der Waals surface area contributed by atoms with E-state index in [0.29, 0.717) is 29.2 Å². The van der Waals surface area contributed by atoms with Crippen molar-refractivity contribution in [2.45, 2.75) is 31.2 Å². The van der Waals surface area contributed by atoms with Gasteiger partial charge >= 0.3 is 0 Å². The Morgan fingerprint density at radius 1 is 1.28 bits per heavy atom. The quantitative estimate of drug-likeness (QED) is 0.737. The molecule has 1 fully saturated rings. The van der Waals surface area contributed by atoms with E-state index in [4.69, 9.17) is 27.8 Å². The number of anilines is 2. The zero-order valence-corrected chi connectivity index (χ0v) is 15.1. The van der Waals surface area contributed by atoms with Gasteiger partial charge in [-0.15, -0.1) is 0 Å². The van der Waals surface area contributed by atoms with Gasteiger partial charge in [-0.3, -0.25) is 0 Å². The highest BCUT2D eigenvalue weighted by Crippen LogP contribution is 2.35. The third-order valence-corrected chi connectivity index (χ3v) is 4.78. The molecule has 0 spiro atoms. The van der Waals surface area contributed by atoms with Crippen molar-refractivity contribution in [3.8, 4) is 5.75 Å². The third kappa shape index (κ3) is 4.52. The van der Waals surface area contributed by atoms with Gasteiger partial charge in [-0.05, 0) is 31.4 Å². The first kappa shape index (κ1) is 17.8. The van der Waals surface area contributed by atoms with E-state index in [1.807, 2.05) is 37.4 Å². The SMILES string of the molecule is CN(CCCOc1ccccc1Cl)c1cc(C2CC(N)C2)nc(N)n1. The molecule has 1 heterocycles. The molecule has 6 nitrogen and oxygen atoms in total. The summed E-state index contributed by atoms with van der Waals surface area (Å²) in [6.07, 6.45) is 2.77. The maximum atomic E-state index is 6.08. The number of rotatable bonds is 7. The van der Waals surface area contributed by atoms with Crippen LogP contribution in [0.5, 0.6) is 5.75 Å². The van der Waals surface area contributed by atoms with Crippen molar-refractivity contribution in [1.29, 1.82) is 0 Å². The van der Waals surface area contributed by atoms with Crippen LogP contribution < -0.4 is 21.1 Å². The number of aromatic nitrogens is 2. The van der Waals surface area contributed by atoms with Crippen LogP contribution >= 0.6 is 11.6 Å². The van der Waals surface area contributed by atoms with Crippen molar-refractivity contribution in [2.75, 3.05) is 30.8 Å². The molecule has 1 aliphatic rings. The van der Waals surface area contributed by atoms with E-state index >= 15 is 0 Å². The predicted octanol–water partition coefficient (Wildman–Crippen LogP) is 2.82. The van der Waals surface area contributed by atoms with Crippen LogP contribution in [0.4, 0.5) is 11.8 Å². The molecule has 0 bridgehead atoms. The maximum Gasteiger partial charge on any atom is 0.222 e. The smallest absolute Gasteiger partial charge is 0.222 e. The lowest BCUT2D eigenvalue weighted by atomic mass is 9.78. The maximum absolute atomic E-state index is 6.08. The number of ether oxygens (including phenoxy) is 1. The molecule has 4 N–H and O–H groups in total. The highest BCUT2D eigenvalue weighted by Gasteiger charge is 2.29. The average molecular weight is 362 g/mol. The number of halogens is 1. The number of hydrogen-bond donors (Lipinski definition) is 2. The van der Waals surface area contributed by atoms with E-state index in [9.17, 15) is 0 Å². The Morgan fingerprint density at radius 3 is 2.76 bits per heavy atom. The van der Waals surface area contributed by atoms with Crippen molar-refractivity contribution in [3.63, 3.8) is 0 Å². The van der Waals surface area contributed by atoms with E-state index in [1.165, 1.54) is 0 Å². The Morgan fingerprint density at radius 2 is 2.04 bits per heavy atom. The molecule has 0 unspecified atom stereocenters. The summed E-state index contributed by atoms with van der Waals surface area (Å²) in [5, 5.41) is 0.628. The molecule has 0 radical (unpaired) electrons.